The van der Waals surface area contributed by atoms with Crippen molar-refractivity contribution >= 4 is 17.5 Å². The first-order valence-electron chi connectivity index (χ1n) is 11.0. The third kappa shape index (κ3) is 3.64. The Balaban J connectivity index is 1.64. The lowest BCUT2D eigenvalue weighted by atomic mass is 9.92. The molecule has 1 unspecified atom stereocenters. The molecule has 1 aliphatic heterocycles. The Morgan fingerprint density at radius 3 is 2.69 bits per heavy atom. The lowest BCUT2D eigenvalue weighted by Gasteiger charge is -2.36. The van der Waals surface area contributed by atoms with Gasteiger partial charge in [0.2, 0.25) is 11.8 Å². The van der Waals surface area contributed by atoms with Crippen LogP contribution in [-0.2, 0) is 11.2 Å². The van der Waals surface area contributed by atoms with Crippen molar-refractivity contribution < 1.29 is 14.3 Å². The van der Waals surface area contributed by atoms with Gasteiger partial charge in [-0.15, -0.1) is 0 Å². The Bertz CT molecular complexity index is 1210. The second-order valence-corrected chi connectivity index (χ2v) is 8.65. The van der Waals surface area contributed by atoms with Crippen molar-refractivity contribution in [3.63, 3.8) is 0 Å². The smallest absolute Gasteiger partial charge is 0.248 e. The summed E-state index contributed by atoms with van der Waals surface area (Å²) in [6.07, 6.45) is 7.85. The van der Waals surface area contributed by atoms with Crippen LogP contribution in [0, 0.1) is 0 Å². The molecule has 3 aromatic rings. The van der Waals surface area contributed by atoms with Gasteiger partial charge < -0.3 is 15.4 Å². The van der Waals surface area contributed by atoms with Gasteiger partial charge >= 0.3 is 0 Å². The van der Waals surface area contributed by atoms with Gasteiger partial charge in [-0.05, 0) is 62.9 Å². The van der Waals surface area contributed by atoms with Gasteiger partial charge in [0.1, 0.15) is 11.5 Å². The normalized spacial score (nSPS) is 17.7. The van der Waals surface area contributed by atoms with Crippen molar-refractivity contribution in [3.05, 3.63) is 59.9 Å². The molecule has 1 atom stereocenters. The van der Waals surface area contributed by atoms with E-state index < -0.39 is 5.91 Å². The zero-order valence-electron chi connectivity index (χ0n) is 18.2. The van der Waals surface area contributed by atoms with E-state index in [4.69, 9.17) is 10.5 Å². The molecule has 1 aliphatic carbocycles. The maximum Gasteiger partial charge on any atom is 0.248 e. The number of hydrogen-bond acceptors (Lipinski definition) is 4. The monoisotopic (exact) mass is 430 g/mol. The van der Waals surface area contributed by atoms with Crippen LogP contribution in [0.1, 0.15) is 55.1 Å². The summed E-state index contributed by atoms with van der Waals surface area (Å²) in [6, 6.07) is 11.5. The van der Waals surface area contributed by atoms with E-state index >= 15 is 0 Å². The van der Waals surface area contributed by atoms with Gasteiger partial charge in [0, 0.05) is 41.4 Å². The second-order valence-electron chi connectivity index (χ2n) is 8.65. The van der Waals surface area contributed by atoms with E-state index in [-0.39, 0.29) is 11.9 Å². The molecule has 5 rings (SSSR count). The van der Waals surface area contributed by atoms with E-state index in [1.807, 2.05) is 27.9 Å². The van der Waals surface area contributed by atoms with Crippen molar-refractivity contribution in [2.24, 2.45) is 5.73 Å². The topological polar surface area (TPSA) is 90.4 Å². The van der Waals surface area contributed by atoms with E-state index in [2.05, 4.69) is 18.2 Å². The average molecular weight is 431 g/mol. The van der Waals surface area contributed by atoms with E-state index in [9.17, 15) is 9.59 Å². The van der Waals surface area contributed by atoms with Crippen LogP contribution in [0.15, 0.2) is 48.8 Å². The summed E-state index contributed by atoms with van der Waals surface area (Å²) in [5.41, 5.74) is 9.58. The first-order valence-corrected chi connectivity index (χ1v) is 11.0. The molecule has 2 N–H and O–H groups in total. The van der Waals surface area contributed by atoms with Crippen molar-refractivity contribution in [1.82, 2.24) is 9.78 Å². The number of rotatable bonds is 5. The number of nitrogens with two attached hydrogens (primary N) is 1. The Morgan fingerprint density at radius 2 is 1.97 bits per heavy atom. The Labute approximate surface area is 186 Å². The number of aromatic nitrogens is 2. The molecule has 0 bridgehead atoms. The number of primary amides is 1. The number of anilines is 1. The summed E-state index contributed by atoms with van der Waals surface area (Å²) in [7, 11) is 0. The molecule has 32 heavy (non-hydrogen) atoms. The summed E-state index contributed by atoms with van der Waals surface area (Å²) in [5.74, 6) is 0.721. The van der Waals surface area contributed by atoms with Gasteiger partial charge in [0.15, 0.2) is 0 Å². The molecule has 2 amide bonds. The second kappa shape index (κ2) is 7.82. The summed E-state index contributed by atoms with van der Waals surface area (Å²) >= 11 is 0. The number of carbonyl (C=O) groups is 2. The number of fused-ring (bicyclic) bond motifs is 1. The highest BCUT2D eigenvalue weighted by molar-refractivity contribution is 5.95. The molecular weight excluding hydrogens is 404 g/mol. The third-order valence-electron chi connectivity index (χ3n) is 6.26. The molecule has 0 saturated heterocycles. The first-order chi connectivity index (χ1) is 15.4. The zero-order chi connectivity index (χ0) is 22.4. The van der Waals surface area contributed by atoms with Crippen LogP contribution in [0.25, 0.3) is 11.1 Å². The number of ether oxygens (including phenoxy) is 1. The Morgan fingerprint density at radius 1 is 1.16 bits per heavy atom. The highest BCUT2D eigenvalue weighted by atomic mass is 16.5. The molecule has 2 heterocycles. The fraction of sp³-hybridized carbons (Fsp3) is 0.320. The van der Waals surface area contributed by atoms with Gasteiger partial charge in [0.25, 0.3) is 0 Å². The molecule has 7 nitrogen and oxygen atoms in total. The predicted octanol–water partition coefficient (Wildman–Crippen LogP) is 4.46. The molecule has 1 aromatic heterocycles. The van der Waals surface area contributed by atoms with Crippen molar-refractivity contribution in [3.8, 4) is 22.6 Å². The Hall–Kier alpha value is -3.61. The van der Waals surface area contributed by atoms with Crippen LogP contribution in [-0.4, -0.2) is 27.6 Å². The lowest BCUT2D eigenvalue weighted by Crippen LogP contribution is -2.40. The molecule has 0 spiro atoms. The molecule has 164 valence electrons. The number of hydrogen-bond donors (Lipinski definition) is 1. The van der Waals surface area contributed by atoms with E-state index in [1.165, 1.54) is 0 Å². The van der Waals surface area contributed by atoms with Crippen molar-refractivity contribution in [2.45, 2.75) is 51.6 Å². The minimum atomic E-state index is -0.506. The van der Waals surface area contributed by atoms with Crippen LogP contribution < -0.4 is 15.4 Å². The van der Waals surface area contributed by atoms with Crippen LogP contribution in [0.4, 0.5) is 5.69 Å². The van der Waals surface area contributed by atoms with E-state index in [0.29, 0.717) is 23.1 Å². The molecule has 7 heteroatoms. The fourth-order valence-corrected chi connectivity index (χ4v) is 4.47. The Kier molecular flexibility index (Phi) is 4.96. The summed E-state index contributed by atoms with van der Waals surface area (Å²) in [4.78, 5) is 25.9. The minimum absolute atomic E-state index is 0.00873. The maximum atomic E-state index is 12.4. The number of carbonyl (C=O) groups excluding carboxylic acids is 2. The number of benzene rings is 2. The average Bonchev–Trinajstić information content (AvgIpc) is 3.50. The number of amides is 2. The first kappa shape index (κ1) is 20.3. The van der Waals surface area contributed by atoms with Crippen LogP contribution in [0.3, 0.4) is 0 Å². The predicted molar refractivity (Wildman–Crippen MR) is 122 cm³/mol. The molecule has 2 aliphatic rings. The lowest BCUT2D eigenvalue weighted by molar-refractivity contribution is -0.117. The van der Waals surface area contributed by atoms with Crippen LogP contribution in [0.5, 0.6) is 11.5 Å². The SMILES string of the molecule is CC(=O)N1c2ccc(-c3cnn(C4CC4)c3)c(Oc3cccc(C(N)=O)c3)c2CCC1C. The summed E-state index contributed by atoms with van der Waals surface area (Å²) in [6.45, 7) is 3.66. The minimum Gasteiger partial charge on any atom is -0.456 e. The van der Waals surface area contributed by atoms with E-state index in [0.717, 1.165) is 48.1 Å². The zero-order valence-corrected chi connectivity index (χ0v) is 18.2. The largest absolute Gasteiger partial charge is 0.456 e. The van der Waals surface area contributed by atoms with Gasteiger partial charge in [-0.2, -0.15) is 5.10 Å². The molecule has 1 fully saturated rings. The van der Waals surface area contributed by atoms with Gasteiger partial charge in [0.05, 0.1) is 17.9 Å². The molecule has 0 radical (unpaired) electrons. The third-order valence-corrected chi connectivity index (χ3v) is 6.26. The highest BCUT2D eigenvalue weighted by Gasteiger charge is 2.31. The highest BCUT2D eigenvalue weighted by Crippen LogP contribution is 2.45. The van der Waals surface area contributed by atoms with E-state index in [1.54, 1.807) is 31.2 Å². The van der Waals surface area contributed by atoms with Crippen LogP contribution >= 0.6 is 0 Å². The van der Waals surface area contributed by atoms with Crippen molar-refractivity contribution in [1.29, 1.82) is 0 Å². The van der Waals surface area contributed by atoms with Crippen molar-refractivity contribution in [2.75, 3.05) is 4.90 Å². The molecule has 1 saturated carbocycles. The fourth-order valence-electron chi connectivity index (χ4n) is 4.47. The number of nitrogens with zero attached hydrogens (tertiary/aromatic N) is 3. The maximum absolute atomic E-state index is 12.4. The van der Waals surface area contributed by atoms with Gasteiger partial charge in [-0.1, -0.05) is 6.07 Å². The molecular formula is C25H26N4O3. The van der Waals surface area contributed by atoms with Crippen LogP contribution in [0.2, 0.25) is 0 Å². The summed E-state index contributed by atoms with van der Waals surface area (Å²) in [5, 5.41) is 4.54. The standard InChI is InChI=1S/C25H26N4O3/c1-15-6-9-22-23(29(15)16(2)30)11-10-21(18-13-27-28(14-18)19-7-8-19)24(22)32-20-5-3-4-17(12-20)25(26)31/h3-5,10-15,19H,6-9H2,1-2H3,(H2,26,31). The quantitative estimate of drug-likeness (QED) is 0.647. The summed E-state index contributed by atoms with van der Waals surface area (Å²) < 4.78 is 8.43. The van der Waals surface area contributed by atoms with Gasteiger partial charge in [-0.25, -0.2) is 0 Å². The van der Waals surface area contributed by atoms with Gasteiger partial charge in [-0.3, -0.25) is 14.3 Å². The molecule has 2 aromatic carbocycles.